The van der Waals surface area contributed by atoms with E-state index in [2.05, 4.69) is 48.1 Å². The van der Waals surface area contributed by atoms with Crippen LogP contribution in [0.1, 0.15) is 55.0 Å². The molecule has 1 aliphatic heterocycles. The van der Waals surface area contributed by atoms with Gasteiger partial charge >= 0.3 is 0 Å². The van der Waals surface area contributed by atoms with E-state index in [4.69, 9.17) is 9.47 Å². The highest BCUT2D eigenvalue weighted by molar-refractivity contribution is 6.12. The number of hydrogen-bond acceptors (Lipinski definition) is 4. The number of phenols is 1. The molecule has 196 valence electrons. The average Bonchev–Trinajstić information content (AvgIpc) is 3.56. The van der Waals surface area contributed by atoms with Crippen LogP contribution in [0, 0.1) is 6.92 Å². The quantitative estimate of drug-likeness (QED) is 0.193. The Morgan fingerprint density at radius 1 is 1.16 bits per heavy atom. The minimum Gasteiger partial charge on any atom is -0.507 e. The lowest BCUT2D eigenvalue weighted by Gasteiger charge is -2.28. The van der Waals surface area contributed by atoms with Crippen LogP contribution < -0.4 is 4.74 Å². The molecule has 1 fully saturated rings. The summed E-state index contributed by atoms with van der Waals surface area (Å²) in [4.78, 5) is 7.00. The first-order valence-corrected chi connectivity index (χ1v) is 13.1. The molecular weight excluding hydrogens is 476 g/mol. The van der Waals surface area contributed by atoms with E-state index in [9.17, 15) is 10.2 Å². The van der Waals surface area contributed by atoms with Crippen LogP contribution in [-0.4, -0.2) is 39.5 Å². The van der Waals surface area contributed by atoms with E-state index in [0.29, 0.717) is 5.56 Å². The fraction of sp³-hybridized carbons (Fsp3) is 0.312. The molecule has 3 aromatic carbocycles. The number of aromatic nitrogens is 2. The molecule has 0 aliphatic carbocycles. The smallest absolute Gasteiger partial charge is 0.128 e. The number of para-hydroxylation sites is 1. The van der Waals surface area contributed by atoms with Crippen molar-refractivity contribution in [2.75, 3.05) is 13.7 Å². The van der Waals surface area contributed by atoms with Gasteiger partial charge in [-0.2, -0.15) is 0 Å². The van der Waals surface area contributed by atoms with Gasteiger partial charge in [-0.25, -0.2) is 0 Å². The number of nitrogens with one attached hydrogen (secondary N) is 2. The predicted molar refractivity (Wildman–Crippen MR) is 152 cm³/mol. The second-order valence-corrected chi connectivity index (χ2v) is 11.0. The number of fused-ring (bicyclic) bond motifs is 4. The van der Waals surface area contributed by atoms with Crippen LogP contribution in [0.25, 0.3) is 32.7 Å². The third kappa shape index (κ3) is 3.70. The van der Waals surface area contributed by atoms with E-state index in [0.717, 1.165) is 56.0 Å². The molecule has 0 saturated carbocycles. The number of aliphatic hydroxyl groups is 1. The molecular formula is C32H34N2O4. The topological polar surface area (TPSA) is 90.5 Å². The maximum atomic E-state index is 11.7. The zero-order valence-corrected chi connectivity index (χ0v) is 22.5. The first kappa shape index (κ1) is 24.6. The summed E-state index contributed by atoms with van der Waals surface area (Å²) in [6, 6.07) is 14.2. The van der Waals surface area contributed by atoms with Crippen molar-refractivity contribution in [3.8, 4) is 11.5 Å². The molecule has 2 aromatic heterocycles. The van der Waals surface area contributed by atoms with Gasteiger partial charge in [0, 0.05) is 39.4 Å². The minimum absolute atomic E-state index is 0.158. The van der Waals surface area contributed by atoms with Crippen LogP contribution in [0.4, 0.5) is 0 Å². The number of hydrogen-bond donors (Lipinski definition) is 4. The largest absolute Gasteiger partial charge is 0.507 e. The summed E-state index contributed by atoms with van der Waals surface area (Å²) in [5.74, 6) is 0.542. The molecule has 6 nitrogen and oxygen atoms in total. The molecule has 1 aliphatic rings. The van der Waals surface area contributed by atoms with Gasteiger partial charge in [0.25, 0.3) is 0 Å². The molecule has 4 N–H and O–H groups in total. The maximum absolute atomic E-state index is 11.7. The highest BCUT2D eigenvalue weighted by Crippen LogP contribution is 2.53. The number of aromatic hydroxyl groups is 1. The van der Waals surface area contributed by atoms with Crippen LogP contribution in [0.15, 0.2) is 60.3 Å². The molecule has 3 atom stereocenters. The fourth-order valence-electron chi connectivity index (χ4n) is 6.16. The number of rotatable bonds is 5. The average molecular weight is 511 g/mol. The van der Waals surface area contributed by atoms with Crippen molar-refractivity contribution in [1.82, 2.24) is 9.97 Å². The van der Waals surface area contributed by atoms with Crippen molar-refractivity contribution in [2.45, 2.75) is 51.7 Å². The van der Waals surface area contributed by atoms with Crippen LogP contribution in [-0.2, 0) is 11.2 Å². The fourth-order valence-corrected chi connectivity index (χ4v) is 6.16. The lowest BCUT2D eigenvalue weighted by molar-refractivity contribution is 0.0313. The standard InChI is InChI=1S/C32H34N2O4/c1-17(2)12-13-19-8-6-9-20-22(15-33-28(19)20)27-31(38-16-32(27,4)36)26-29-21(14-18(3)30(26)35)25-23(34-29)10-7-11-24(25)37-5/h6-12,14-15,27,31,33-36H,13,16H2,1-5H3/t27-,31-,32+/m1/s1. The van der Waals surface area contributed by atoms with E-state index >= 15 is 0 Å². The van der Waals surface area contributed by atoms with E-state index in [1.165, 1.54) is 11.1 Å². The molecule has 0 unspecified atom stereocenters. The van der Waals surface area contributed by atoms with E-state index in [1.54, 1.807) is 7.11 Å². The van der Waals surface area contributed by atoms with Crippen molar-refractivity contribution >= 4 is 32.7 Å². The van der Waals surface area contributed by atoms with Gasteiger partial charge in [0.2, 0.25) is 0 Å². The maximum Gasteiger partial charge on any atom is 0.128 e. The molecule has 0 bridgehead atoms. The Morgan fingerprint density at radius 3 is 2.71 bits per heavy atom. The Hall–Kier alpha value is -3.74. The number of aromatic amines is 2. The summed E-state index contributed by atoms with van der Waals surface area (Å²) in [5.41, 5.74) is 6.51. The van der Waals surface area contributed by atoms with Crippen molar-refractivity contribution < 1.29 is 19.7 Å². The van der Waals surface area contributed by atoms with E-state index in [1.807, 2.05) is 44.3 Å². The number of ether oxygens (including phenoxy) is 2. The van der Waals surface area contributed by atoms with Crippen LogP contribution in [0.3, 0.4) is 0 Å². The molecule has 6 heteroatoms. The van der Waals surface area contributed by atoms with Gasteiger partial charge in [-0.15, -0.1) is 0 Å². The van der Waals surface area contributed by atoms with Crippen molar-refractivity contribution in [3.63, 3.8) is 0 Å². The summed E-state index contributed by atoms with van der Waals surface area (Å²) in [6.45, 7) is 8.09. The van der Waals surface area contributed by atoms with Gasteiger partial charge in [0.15, 0.2) is 0 Å². The first-order valence-electron chi connectivity index (χ1n) is 13.1. The van der Waals surface area contributed by atoms with Crippen LogP contribution in [0.2, 0.25) is 0 Å². The Balaban J connectivity index is 1.57. The Morgan fingerprint density at radius 2 is 1.95 bits per heavy atom. The zero-order valence-electron chi connectivity index (χ0n) is 22.5. The van der Waals surface area contributed by atoms with Crippen LogP contribution in [0.5, 0.6) is 11.5 Å². The number of H-pyrrole nitrogens is 2. The summed E-state index contributed by atoms with van der Waals surface area (Å²) >= 11 is 0. The van der Waals surface area contributed by atoms with Crippen molar-refractivity contribution in [2.24, 2.45) is 0 Å². The first-order chi connectivity index (χ1) is 18.2. The molecule has 1 saturated heterocycles. The highest BCUT2D eigenvalue weighted by atomic mass is 16.5. The predicted octanol–water partition coefficient (Wildman–Crippen LogP) is 6.94. The van der Waals surface area contributed by atoms with Gasteiger partial charge in [0.05, 0.1) is 36.5 Å². The Bertz CT molecular complexity index is 1720. The van der Waals surface area contributed by atoms with Crippen molar-refractivity contribution in [3.05, 3.63) is 82.6 Å². The minimum atomic E-state index is -1.14. The summed E-state index contributed by atoms with van der Waals surface area (Å²) in [7, 11) is 1.66. The molecule has 38 heavy (non-hydrogen) atoms. The van der Waals surface area contributed by atoms with E-state index < -0.39 is 17.6 Å². The van der Waals surface area contributed by atoms with Gasteiger partial charge in [-0.05, 0) is 69.0 Å². The molecule has 0 spiro atoms. The van der Waals surface area contributed by atoms with Gasteiger partial charge in [0.1, 0.15) is 11.5 Å². The summed E-state index contributed by atoms with van der Waals surface area (Å²) in [5, 5.41) is 26.1. The SMILES string of the molecule is COc1cccc2[nH]c3c([C@H]4OC[C@](C)(O)[C@@H]4c4c[nH]c5c(CC=C(C)C)cccc45)c(O)c(C)cc3c12. The second-order valence-electron chi connectivity index (χ2n) is 11.0. The Labute approximate surface area is 221 Å². The lowest BCUT2D eigenvalue weighted by atomic mass is 9.78. The third-order valence-electron chi connectivity index (χ3n) is 8.01. The number of benzene rings is 3. The molecule has 0 amide bonds. The zero-order chi connectivity index (χ0) is 26.8. The lowest BCUT2D eigenvalue weighted by Crippen LogP contribution is -2.32. The summed E-state index contributed by atoms with van der Waals surface area (Å²) in [6.07, 6.45) is 4.48. The number of methoxy groups -OCH3 is 1. The number of allylic oxidation sites excluding steroid dienone is 2. The second kappa shape index (κ2) is 8.93. The van der Waals surface area contributed by atoms with Gasteiger partial charge in [-0.3, -0.25) is 0 Å². The highest BCUT2D eigenvalue weighted by Gasteiger charge is 2.49. The molecule has 3 heterocycles. The monoisotopic (exact) mass is 510 g/mol. The molecule has 0 radical (unpaired) electrons. The normalized spacial score (nSPS) is 21.5. The third-order valence-corrected chi connectivity index (χ3v) is 8.01. The summed E-state index contributed by atoms with van der Waals surface area (Å²) < 4.78 is 12.0. The molecule has 6 rings (SSSR count). The van der Waals surface area contributed by atoms with Gasteiger partial charge < -0.3 is 29.7 Å². The van der Waals surface area contributed by atoms with Crippen molar-refractivity contribution in [1.29, 1.82) is 0 Å². The number of phenolic OH excluding ortho intramolecular Hbond substituents is 1. The van der Waals surface area contributed by atoms with E-state index in [-0.39, 0.29) is 12.4 Å². The number of aryl methyl sites for hydroxylation is 1. The van der Waals surface area contributed by atoms with Crippen LogP contribution >= 0.6 is 0 Å². The van der Waals surface area contributed by atoms with Gasteiger partial charge in [-0.1, -0.05) is 35.9 Å². The Kier molecular flexibility index (Phi) is 5.78. The molecule has 5 aromatic rings.